The van der Waals surface area contributed by atoms with Crippen molar-refractivity contribution in [1.29, 1.82) is 0 Å². The summed E-state index contributed by atoms with van der Waals surface area (Å²) in [5, 5.41) is 1.09. The molecule has 0 aliphatic carbocycles. The third kappa shape index (κ3) is 4.54. The minimum absolute atomic E-state index is 0.442. The summed E-state index contributed by atoms with van der Waals surface area (Å²) >= 11 is 5.42. The Balaban J connectivity index is 2.24. The second-order valence-electron chi connectivity index (χ2n) is 5.05. The summed E-state index contributed by atoms with van der Waals surface area (Å²) in [6, 6.07) is 5.46. The van der Waals surface area contributed by atoms with Crippen LogP contribution in [0.5, 0.6) is 0 Å². The summed E-state index contributed by atoms with van der Waals surface area (Å²) in [6.45, 7) is 0. The van der Waals surface area contributed by atoms with Crippen molar-refractivity contribution in [3.05, 3.63) is 69.7 Å². The second kappa shape index (κ2) is 6.99. The number of halogens is 7. The summed E-state index contributed by atoms with van der Waals surface area (Å²) in [6.07, 6.45) is -9.52. The molecule has 0 bridgehead atoms. The van der Waals surface area contributed by atoms with Crippen LogP contribution in [0.15, 0.2) is 42.5 Å². The molecule has 0 radical (unpaired) electrons. The average Bonchev–Trinajstić information content (AvgIpc) is 2.53. The first-order valence-corrected chi connectivity index (χ1v) is 7.17. The van der Waals surface area contributed by atoms with E-state index in [1.807, 2.05) is 0 Å². The molecule has 138 valence electrons. The molecule has 2 rings (SSSR count). The highest BCUT2D eigenvalue weighted by Gasteiger charge is 2.34. The van der Waals surface area contributed by atoms with E-state index in [4.69, 9.17) is 11.6 Å². The lowest BCUT2D eigenvalue weighted by atomic mass is 10.1. The molecule has 0 aliphatic heterocycles. The molecule has 0 aliphatic rings. The van der Waals surface area contributed by atoms with Crippen molar-refractivity contribution in [3.63, 3.8) is 0 Å². The van der Waals surface area contributed by atoms with Crippen molar-refractivity contribution < 1.29 is 35.9 Å². The molecule has 10 heteroatoms. The molecule has 2 aromatic carbocycles. The Bertz CT molecular complexity index is 861. The molecule has 26 heavy (non-hydrogen) atoms. The lowest BCUT2D eigenvalue weighted by Crippen LogP contribution is -2.30. The molecule has 3 nitrogen and oxygen atoms in total. The minimum Gasteiger partial charge on any atom is -0.288 e. The summed E-state index contributed by atoms with van der Waals surface area (Å²) in [5.74, 6) is -2.40. The Labute approximate surface area is 147 Å². The molecule has 0 saturated carbocycles. The Morgan fingerprint density at radius 1 is 0.808 bits per heavy atom. The Kier molecular flexibility index (Phi) is 5.31. The van der Waals surface area contributed by atoms with Crippen LogP contribution in [0.4, 0.5) is 26.3 Å². The first-order valence-electron chi connectivity index (χ1n) is 6.79. The zero-order valence-electron chi connectivity index (χ0n) is 12.5. The van der Waals surface area contributed by atoms with Gasteiger partial charge in [-0.25, -0.2) is 0 Å². The van der Waals surface area contributed by atoms with Gasteiger partial charge >= 0.3 is 12.4 Å². The van der Waals surface area contributed by atoms with E-state index in [9.17, 15) is 35.9 Å². The van der Waals surface area contributed by atoms with Crippen LogP contribution < -0.4 is 5.32 Å². The van der Waals surface area contributed by atoms with Gasteiger partial charge in [0.1, 0.15) is 0 Å². The summed E-state index contributed by atoms with van der Waals surface area (Å²) in [4.78, 5) is 23.8. The van der Waals surface area contributed by atoms with Crippen LogP contribution in [0.2, 0.25) is 5.02 Å². The van der Waals surface area contributed by atoms with Crippen LogP contribution in [0.3, 0.4) is 0 Å². The van der Waals surface area contributed by atoms with Crippen molar-refractivity contribution in [2.24, 2.45) is 0 Å². The lowest BCUT2D eigenvalue weighted by Gasteiger charge is -2.11. The maximum absolute atomic E-state index is 12.8. The third-order valence-corrected chi connectivity index (χ3v) is 3.54. The van der Waals surface area contributed by atoms with Gasteiger partial charge in [-0.15, -0.1) is 0 Å². The molecule has 2 aromatic rings. The van der Waals surface area contributed by atoms with Gasteiger partial charge in [0, 0.05) is 11.1 Å². The monoisotopic (exact) mass is 395 g/mol. The second-order valence-corrected chi connectivity index (χ2v) is 5.46. The average molecular weight is 396 g/mol. The maximum Gasteiger partial charge on any atom is 0.417 e. The van der Waals surface area contributed by atoms with E-state index in [1.165, 1.54) is 0 Å². The molecule has 0 saturated heterocycles. The topological polar surface area (TPSA) is 46.2 Å². The van der Waals surface area contributed by atoms with Gasteiger partial charge in [-0.05, 0) is 36.4 Å². The van der Waals surface area contributed by atoms with Crippen molar-refractivity contribution in [3.8, 4) is 0 Å². The van der Waals surface area contributed by atoms with E-state index in [0.717, 1.165) is 30.3 Å². The summed E-state index contributed by atoms with van der Waals surface area (Å²) < 4.78 is 76.3. The molecule has 0 atom stereocenters. The summed E-state index contributed by atoms with van der Waals surface area (Å²) in [5.41, 5.74) is -3.39. The van der Waals surface area contributed by atoms with Crippen LogP contribution in [0, 0.1) is 0 Å². The van der Waals surface area contributed by atoms with Crippen LogP contribution in [-0.2, 0) is 12.4 Å². The highest BCUT2D eigenvalue weighted by molar-refractivity contribution is 6.31. The first kappa shape index (κ1) is 19.8. The van der Waals surface area contributed by atoms with E-state index < -0.39 is 51.4 Å². The third-order valence-electron chi connectivity index (χ3n) is 3.21. The highest BCUT2D eigenvalue weighted by Crippen LogP contribution is 2.35. The molecule has 1 N–H and O–H groups in total. The van der Waals surface area contributed by atoms with Crippen molar-refractivity contribution >= 4 is 23.4 Å². The predicted molar refractivity (Wildman–Crippen MR) is 79.7 cm³/mol. The minimum atomic E-state index is -4.82. The lowest BCUT2D eigenvalue weighted by molar-refractivity contribution is -0.138. The number of carbonyl (C=O) groups is 2. The quantitative estimate of drug-likeness (QED) is 0.578. The number of benzene rings is 2. The number of rotatable bonds is 2. The maximum atomic E-state index is 12.8. The SMILES string of the molecule is O=C(NC(=O)c1ccc(Cl)c(C(F)(F)F)c1)c1cccc(C(F)(F)F)c1. The number of carbonyl (C=O) groups excluding carboxylic acids is 2. The van der Waals surface area contributed by atoms with E-state index >= 15 is 0 Å². The normalized spacial score (nSPS) is 12.0. The molecule has 0 spiro atoms. The van der Waals surface area contributed by atoms with Gasteiger partial charge in [-0.2, -0.15) is 26.3 Å². The van der Waals surface area contributed by atoms with Crippen LogP contribution >= 0.6 is 11.6 Å². The number of alkyl halides is 6. The Morgan fingerprint density at radius 3 is 1.92 bits per heavy atom. The number of amides is 2. The zero-order valence-corrected chi connectivity index (χ0v) is 13.3. The zero-order chi connectivity index (χ0) is 19.7. The molecular weight excluding hydrogens is 388 g/mol. The molecule has 0 fully saturated rings. The van der Waals surface area contributed by atoms with Crippen LogP contribution in [-0.4, -0.2) is 11.8 Å². The van der Waals surface area contributed by atoms with Crippen molar-refractivity contribution in [2.45, 2.75) is 12.4 Å². The molecular formula is C16H8ClF6NO2. The van der Waals surface area contributed by atoms with Gasteiger partial charge in [0.15, 0.2) is 0 Å². The Hall–Kier alpha value is -2.55. The predicted octanol–water partition coefficient (Wildman–Crippen LogP) is 4.95. The highest BCUT2D eigenvalue weighted by atomic mass is 35.5. The number of hydrogen-bond acceptors (Lipinski definition) is 2. The van der Waals surface area contributed by atoms with Crippen LogP contribution in [0.25, 0.3) is 0 Å². The van der Waals surface area contributed by atoms with Gasteiger partial charge in [0.2, 0.25) is 0 Å². The number of nitrogens with one attached hydrogen (secondary N) is 1. The van der Waals surface area contributed by atoms with E-state index in [0.29, 0.717) is 12.1 Å². The smallest absolute Gasteiger partial charge is 0.288 e. The first-order chi connectivity index (χ1) is 11.9. The van der Waals surface area contributed by atoms with Crippen molar-refractivity contribution in [1.82, 2.24) is 5.32 Å². The summed E-state index contributed by atoms with van der Waals surface area (Å²) in [7, 11) is 0. The standard InChI is InChI=1S/C16H8ClF6NO2/c17-12-5-4-9(7-11(12)16(21,22)23)14(26)24-13(25)8-2-1-3-10(6-8)15(18,19)20/h1-7H,(H,24,25,26). The van der Waals surface area contributed by atoms with Gasteiger partial charge < -0.3 is 0 Å². The van der Waals surface area contributed by atoms with Gasteiger partial charge in [-0.3, -0.25) is 14.9 Å². The van der Waals surface area contributed by atoms with Gasteiger partial charge in [0.25, 0.3) is 11.8 Å². The number of imide groups is 1. The molecule has 0 aromatic heterocycles. The van der Waals surface area contributed by atoms with Gasteiger partial charge in [-0.1, -0.05) is 17.7 Å². The fourth-order valence-electron chi connectivity index (χ4n) is 1.97. The van der Waals surface area contributed by atoms with E-state index in [-0.39, 0.29) is 0 Å². The van der Waals surface area contributed by atoms with Crippen LogP contribution in [0.1, 0.15) is 31.8 Å². The molecule has 2 amide bonds. The number of hydrogen-bond donors (Lipinski definition) is 1. The largest absolute Gasteiger partial charge is 0.417 e. The molecule has 0 unspecified atom stereocenters. The Morgan fingerprint density at radius 2 is 1.38 bits per heavy atom. The fourth-order valence-corrected chi connectivity index (χ4v) is 2.19. The van der Waals surface area contributed by atoms with E-state index in [1.54, 1.807) is 5.32 Å². The van der Waals surface area contributed by atoms with Gasteiger partial charge in [0.05, 0.1) is 16.1 Å². The molecule has 0 heterocycles. The fraction of sp³-hybridized carbons (Fsp3) is 0.125. The van der Waals surface area contributed by atoms with E-state index in [2.05, 4.69) is 0 Å². The van der Waals surface area contributed by atoms with Crippen molar-refractivity contribution in [2.75, 3.05) is 0 Å².